The molecule has 0 atom stereocenters. The first-order chi connectivity index (χ1) is 13.2. The highest BCUT2D eigenvalue weighted by Gasteiger charge is 2.22. The summed E-state index contributed by atoms with van der Waals surface area (Å²) in [6, 6.07) is 3.73. The van der Waals surface area contributed by atoms with Gasteiger partial charge in [0.1, 0.15) is 9.92 Å². The summed E-state index contributed by atoms with van der Waals surface area (Å²) < 4.78 is 14.5. The number of furan rings is 1. The van der Waals surface area contributed by atoms with Gasteiger partial charge < -0.3 is 19.2 Å². The fourth-order valence-electron chi connectivity index (χ4n) is 2.05. The molecule has 28 heavy (non-hydrogen) atoms. The molecule has 2 aromatic heterocycles. The number of esters is 2. The van der Waals surface area contributed by atoms with Crippen molar-refractivity contribution in [3.05, 3.63) is 44.5 Å². The lowest BCUT2D eigenvalue weighted by atomic mass is 10.1. The van der Waals surface area contributed by atoms with Crippen molar-refractivity contribution in [2.75, 3.05) is 18.5 Å². The van der Waals surface area contributed by atoms with Crippen LogP contribution >= 0.6 is 11.3 Å². The normalized spacial score (nSPS) is 10.6. The number of anilines is 1. The number of carbonyl (C=O) groups is 3. The molecule has 0 aliphatic carbocycles. The number of rotatable bonds is 8. The molecular formula is C17H18N2O8S. The molecule has 2 heterocycles. The number of hydrogen-bond acceptors (Lipinski definition) is 9. The maximum atomic E-state index is 12.1. The van der Waals surface area contributed by atoms with E-state index in [1.165, 1.54) is 11.3 Å². The van der Waals surface area contributed by atoms with Gasteiger partial charge in [-0.2, -0.15) is 0 Å². The zero-order chi connectivity index (χ0) is 20.8. The van der Waals surface area contributed by atoms with E-state index in [9.17, 15) is 24.5 Å². The Bertz CT molecular complexity index is 899. The second-order valence-electron chi connectivity index (χ2n) is 5.79. The van der Waals surface area contributed by atoms with Gasteiger partial charge in [-0.15, -0.1) is 11.3 Å². The van der Waals surface area contributed by atoms with E-state index in [4.69, 9.17) is 13.9 Å². The molecular weight excluding hydrogens is 392 g/mol. The minimum atomic E-state index is -1.03. The van der Waals surface area contributed by atoms with Crippen LogP contribution in [0.5, 0.6) is 0 Å². The van der Waals surface area contributed by atoms with Crippen molar-refractivity contribution in [3.63, 3.8) is 0 Å². The standard InChI is InChI=1S/C17H18N2O8S/c1-4-25-16(21)10-7-12(9(2)3)28-15(10)18-13(20)8-26-17(22)11-5-6-14(27-11)19(23)24/h5-7,9H,4,8H2,1-3H3,(H,18,20). The van der Waals surface area contributed by atoms with Crippen molar-refractivity contribution in [2.24, 2.45) is 0 Å². The summed E-state index contributed by atoms with van der Waals surface area (Å²) in [5, 5.41) is 13.4. The lowest BCUT2D eigenvalue weighted by Crippen LogP contribution is -2.21. The molecule has 0 radical (unpaired) electrons. The van der Waals surface area contributed by atoms with Crippen LogP contribution in [0.4, 0.5) is 10.9 Å². The van der Waals surface area contributed by atoms with Crippen LogP contribution < -0.4 is 5.32 Å². The van der Waals surface area contributed by atoms with E-state index >= 15 is 0 Å². The van der Waals surface area contributed by atoms with Crippen LogP contribution in [0.2, 0.25) is 0 Å². The average molecular weight is 410 g/mol. The molecule has 2 rings (SSSR count). The molecule has 0 spiro atoms. The molecule has 0 saturated heterocycles. The molecule has 0 saturated carbocycles. The zero-order valence-corrected chi connectivity index (χ0v) is 16.2. The van der Waals surface area contributed by atoms with Crippen molar-refractivity contribution in [1.82, 2.24) is 0 Å². The van der Waals surface area contributed by atoms with E-state index in [0.717, 1.165) is 17.0 Å². The van der Waals surface area contributed by atoms with Crippen LogP contribution in [0.1, 0.15) is 52.5 Å². The Balaban J connectivity index is 2.02. The Morgan fingerprint density at radius 1 is 1.25 bits per heavy atom. The van der Waals surface area contributed by atoms with Crippen molar-refractivity contribution in [3.8, 4) is 0 Å². The van der Waals surface area contributed by atoms with Crippen LogP contribution in [-0.4, -0.2) is 36.0 Å². The van der Waals surface area contributed by atoms with Crippen molar-refractivity contribution in [2.45, 2.75) is 26.7 Å². The van der Waals surface area contributed by atoms with Crippen LogP contribution in [0, 0.1) is 10.1 Å². The summed E-state index contributed by atoms with van der Waals surface area (Å²) in [5.41, 5.74) is 0.219. The molecule has 0 aromatic carbocycles. The van der Waals surface area contributed by atoms with Crippen LogP contribution in [0.3, 0.4) is 0 Å². The molecule has 1 N–H and O–H groups in total. The first kappa shape index (κ1) is 21.1. The summed E-state index contributed by atoms with van der Waals surface area (Å²) in [4.78, 5) is 46.6. The second kappa shape index (κ2) is 9.13. The lowest BCUT2D eigenvalue weighted by Gasteiger charge is -2.06. The van der Waals surface area contributed by atoms with E-state index in [1.54, 1.807) is 13.0 Å². The van der Waals surface area contributed by atoms with Gasteiger partial charge in [0.2, 0.25) is 5.76 Å². The van der Waals surface area contributed by atoms with Crippen LogP contribution in [-0.2, 0) is 14.3 Å². The average Bonchev–Trinajstić information content (AvgIpc) is 3.27. The van der Waals surface area contributed by atoms with Crippen molar-refractivity contribution >= 4 is 40.1 Å². The first-order valence-corrected chi connectivity index (χ1v) is 9.06. The third-order valence-corrected chi connectivity index (χ3v) is 4.73. The molecule has 0 fully saturated rings. The number of carbonyl (C=O) groups excluding carboxylic acids is 3. The maximum absolute atomic E-state index is 12.1. The summed E-state index contributed by atoms with van der Waals surface area (Å²) in [7, 11) is 0. The summed E-state index contributed by atoms with van der Waals surface area (Å²) in [6.07, 6.45) is 0. The Morgan fingerprint density at radius 3 is 2.54 bits per heavy atom. The SMILES string of the molecule is CCOC(=O)c1cc(C(C)C)sc1NC(=O)COC(=O)c1ccc([N+](=O)[O-])o1. The number of ether oxygens (including phenoxy) is 2. The number of hydrogen-bond donors (Lipinski definition) is 1. The number of nitro groups is 1. The molecule has 150 valence electrons. The van der Waals surface area contributed by atoms with Crippen LogP contribution in [0.15, 0.2) is 22.6 Å². The Morgan fingerprint density at radius 2 is 1.96 bits per heavy atom. The fraction of sp³-hybridized carbons (Fsp3) is 0.353. The van der Waals surface area contributed by atoms with Gasteiger partial charge >= 0.3 is 17.8 Å². The molecule has 0 unspecified atom stereocenters. The minimum Gasteiger partial charge on any atom is -0.462 e. The predicted molar refractivity (Wildman–Crippen MR) is 98.6 cm³/mol. The Labute approximate surface area is 163 Å². The third kappa shape index (κ3) is 5.16. The molecule has 11 heteroatoms. The number of nitrogens with one attached hydrogen (secondary N) is 1. The largest absolute Gasteiger partial charge is 0.462 e. The topological polar surface area (TPSA) is 138 Å². The minimum absolute atomic E-state index is 0.136. The predicted octanol–water partition coefficient (Wildman–Crippen LogP) is 3.34. The van der Waals surface area contributed by atoms with Crippen molar-refractivity contribution in [1.29, 1.82) is 0 Å². The zero-order valence-electron chi connectivity index (χ0n) is 15.3. The highest BCUT2D eigenvalue weighted by atomic mass is 32.1. The highest BCUT2D eigenvalue weighted by molar-refractivity contribution is 7.16. The smallest absolute Gasteiger partial charge is 0.433 e. The van der Waals surface area contributed by atoms with E-state index in [-0.39, 0.29) is 23.1 Å². The highest BCUT2D eigenvalue weighted by Crippen LogP contribution is 2.33. The van der Waals surface area contributed by atoms with Gasteiger partial charge in [0, 0.05) is 4.88 Å². The molecule has 0 bridgehead atoms. The fourth-order valence-corrected chi connectivity index (χ4v) is 3.11. The van der Waals surface area contributed by atoms with Gasteiger partial charge in [-0.05, 0) is 25.0 Å². The number of thiophene rings is 1. The van der Waals surface area contributed by atoms with E-state index in [1.807, 2.05) is 13.8 Å². The van der Waals surface area contributed by atoms with Gasteiger partial charge in [0.05, 0.1) is 18.2 Å². The Kier molecular flexibility index (Phi) is 6.88. The summed E-state index contributed by atoms with van der Waals surface area (Å²) >= 11 is 1.22. The maximum Gasteiger partial charge on any atom is 0.433 e. The third-order valence-electron chi connectivity index (χ3n) is 3.38. The summed E-state index contributed by atoms with van der Waals surface area (Å²) in [5.74, 6) is -3.16. The molecule has 2 aromatic rings. The number of nitrogens with zero attached hydrogens (tertiary/aromatic N) is 1. The van der Waals surface area contributed by atoms with Crippen LogP contribution in [0.25, 0.3) is 0 Å². The summed E-state index contributed by atoms with van der Waals surface area (Å²) in [6.45, 7) is 5.08. The first-order valence-electron chi connectivity index (χ1n) is 8.25. The monoisotopic (exact) mass is 410 g/mol. The van der Waals surface area contributed by atoms with E-state index < -0.39 is 41.0 Å². The van der Waals surface area contributed by atoms with E-state index in [0.29, 0.717) is 0 Å². The van der Waals surface area contributed by atoms with Gasteiger partial charge in [0.15, 0.2) is 6.61 Å². The van der Waals surface area contributed by atoms with Gasteiger partial charge in [-0.25, -0.2) is 9.59 Å². The Hall–Kier alpha value is -3.21. The van der Waals surface area contributed by atoms with E-state index in [2.05, 4.69) is 5.32 Å². The molecule has 1 amide bonds. The molecule has 10 nitrogen and oxygen atoms in total. The molecule has 0 aliphatic heterocycles. The van der Waals surface area contributed by atoms with Gasteiger partial charge in [-0.1, -0.05) is 13.8 Å². The van der Waals surface area contributed by atoms with Gasteiger partial charge in [-0.3, -0.25) is 14.9 Å². The number of amides is 1. The molecule has 0 aliphatic rings. The quantitative estimate of drug-likeness (QED) is 0.397. The van der Waals surface area contributed by atoms with Gasteiger partial charge in [0.25, 0.3) is 5.91 Å². The van der Waals surface area contributed by atoms with Crippen molar-refractivity contribution < 1.29 is 33.2 Å². The lowest BCUT2D eigenvalue weighted by molar-refractivity contribution is -0.402. The second-order valence-corrected chi connectivity index (χ2v) is 6.87.